The number of thioether (sulfide) groups is 1. The van der Waals surface area contributed by atoms with Gasteiger partial charge in [-0.15, -0.1) is 11.8 Å². The molecule has 1 N–H and O–H groups in total. The van der Waals surface area contributed by atoms with Gasteiger partial charge >= 0.3 is 0 Å². The Morgan fingerprint density at radius 1 is 1.04 bits per heavy atom. The lowest BCUT2D eigenvalue weighted by Crippen LogP contribution is -2.21. The smallest absolute Gasteiger partial charge is 0.253 e. The van der Waals surface area contributed by atoms with Crippen molar-refractivity contribution in [3.8, 4) is 0 Å². The molecule has 0 heterocycles. The van der Waals surface area contributed by atoms with Crippen LogP contribution in [0.15, 0.2) is 59.5 Å². The average molecular weight is 342 g/mol. The lowest BCUT2D eigenvalue weighted by molar-refractivity contribution is -0.116. The van der Waals surface area contributed by atoms with Gasteiger partial charge in [0.05, 0.1) is 0 Å². The monoisotopic (exact) mass is 342 g/mol. The molecular formula is C19H22N2O2S. The SMILES string of the molecule is CN(C)C(=O)c1cccc(NC(=O)CCCSc2ccccc2)c1. The summed E-state index contributed by atoms with van der Waals surface area (Å²) < 4.78 is 0. The molecule has 2 amide bonds. The zero-order valence-corrected chi connectivity index (χ0v) is 14.8. The van der Waals surface area contributed by atoms with Gasteiger partial charge in [0.15, 0.2) is 0 Å². The molecule has 24 heavy (non-hydrogen) atoms. The molecule has 5 heteroatoms. The second-order valence-corrected chi connectivity index (χ2v) is 6.76. The number of anilines is 1. The number of hydrogen-bond acceptors (Lipinski definition) is 3. The maximum atomic E-state index is 12.0. The molecule has 4 nitrogen and oxygen atoms in total. The third-order valence-corrected chi connectivity index (χ3v) is 4.46. The molecule has 0 aliphatic heterocycles. The van der Waals surface area contributed by atoms with E-state index in [1.165, 1.54) is 9.80 Å². The van der Waals surface area contributed by atoms with Gasteiger partial charge in [-0.3, -0.25) is 9.59 Å². The standard InChI is InChI=1S/C19H22N2O2S/c1-21(2)19(23)15-8-6-9-16(14-15)20-18(22)12-7-13-24-17-10-4-3-5-11-17/h3-6,8-11,14H,7,12-13H2,1-2H3,(H,20,22). The number of carbonyl (C=O) groups is 2. The summed E-state index contributed by atoms with van der Waals surface area (Å²) in [5, 5.41) is 2.86. The zero-order valence-electron chi connectivity index (χ0n) is 14.0. The van der Waals surface area contributed by atoms with Gasteiger partial charge in [0.2, 0.25) is 5.91 Å². The Kier molecular flexibility index (Phi) is 6.88. The van der Waals surface area contributed by atoms with E-state index in [2.05, 4.69) is 17.4 Å². The maximum absolute atomic E-state index is 12.0. The highest BCUT2D eigenvalue weighted by Crippen LogP contribution is 2.19. The van der Waals surface area contributed by atoms with E-state index in [1.807, 2.05) is 18.2 Å². The predicted molar refractivity (Wildman–Crippen MR) is 99.5 cm³/mol. The molecule has 0 spiro atoms. The van der Waals surface area contributed by atoms with Crippen LogP contribution in [0.1, 0.15) is 23.2 Å². The van der Waals surface area contributed by atoms with Crippen LogP contribution >= 0.6 is 11.8 Å². The number of hydrogen-bond donors (Lipinski definition) is 1. The van der Waals surface area contributed by atoms with Crippen LogP contribution in [0.3, 0.4) is 0 Å². The van der Waals surface area contributed by atoms with Crippen molar-refractivity contribution in [1.29, 1.82) is 0 Å². The molecule has 0 aromatic heterocycles. The molecule has 0 bridgehead atoms. The first-order valence-electron chi connectivity index (χ1n) is 7.85. The Morgan fingerprint density at radius 3 is 2.50 bits per heavy atom. The molecular weight excluding hydrogens is 320 g/mol. The van der Waals surface area contributed by atoms with Crippen LogP contribution in [-0.4, -0.2) is 36.6 Å². The lowest BCUT2D eigenvalue weighted by atomic mass is 10.1. The topological polar surface area (TPSA) is 49.4 Å². The van der Waals surface area contributed by atoms with Crippen molar-refractivity contribution in [3.05, 3.63) is 60.2 Å². The first-order valence-corrected chi connectivity index (χ1v) is 8.84. The Labute approximate surface area is 147 Å². The van der Waals surface area contributed by atoms with Gasteiger partial charge in [0.25, 0.3) is 5.91 Å². The Morgan fingerprint density at radius 2 is 1.79 bits per heavy atom. The van der Waals surface area contributed by atoms with E-state index in [1.54, 1.807) is 50.1 Å². The van der Waals surface area contributed by atoms with Crippen molar-refractivity contribution in [2.45, 2.75) is 17.7 Å². The molecule has 0 fully saturated rings. The van der Waals surface area contributed by atoms with Gasteiger partial charge in [0, 0.05) is 36.7 Å². The molecule has 0 unspecified atom stereocenters. The van der Waals surface area contributed by atoms with E-state index in [-0.39, 0.29) is 11.8 Å². The fourth-order valence-corrected chi connectivity index (χ4v) is 3.03. The summed E-state index contributed by atoms with van der Waals surface area (Å²) in [6.07, 6.45) is 1.27. The molecule has 0 aliphatic carbocycles. The van der Waals surface area contributed by atoms with Gasteiger partial charge < -0.3 is 10.2 Å². The zero-order chi connectivity index (χ0) is 17.4. The van der Waals surface area contributed by atoms with Crippen molar-refractivity contribution >= 4 is 29.3 Å². The summed E-state index contributed by atoms with van der Waals surface area (Å²) in [5.74, 6) is 0.791. The van der Waals surface area contributed by atoms with Gasteiger partial charge in [-0.2, -0.15) is 0 Å². The van der Waals surface area contributed by atoms with Crippen molar-refractivity contribution in [3.63, 3.8) is 0 Å². The van der Waals surface area contributed by atoms with Crippen LogP contribution in [0.25, 0.3) is 0 Å². The minimum Gasteiger partial charge on any atom is -0.345 e. The number of rotatable bonds is 7. The number of nitrogens with zero attached hydrogens (tertiary/aromatic N) is 1. The van der Waals surface area contributed by atoms with Gasteiger partial charge in [0.1, 0.15) is 0 Å². The Bertz CT molecular complexity index is 687. The van der Waals surface area contributed by atoms with Crippen LogP contribution in [0.4, 0.5) is 5.69 Å². The summed E-state index contributed by atoms with van der Waals surface area (Å²) in [5.41, 5.74) is 1.22. The number of nitrogens with one attached hydrogen (secondary N) is 1. The minimum absolute atomic E-state index is 0.0295. The van der Waals surface area contributed by atoms with Crippen LogP contribution < -0.4 is 5.32 Å². The molecule has 0 atom stereocenters. The predicted octanol–water partition coefficient (Wildman–Crippen LogP) is 3.90. The number of amides is 2. The minimum atomic E-state index is -0.0784. The van der Waals surface area contributed by atoms with Gasteiger partial charge in [-0.05, 0) is 42.5 Å². The summed E-state index contributed by atoms with van der Waals surface area (Å²) in [6.45, 7) is 0. The Balaban J connectivity index is 1.78. The molecule has 126 valence electrons. The van der Waals surface area contributed by atoms with E-state index >= 15 is 0 Å². The second-order valence-electron chi connectivity index (χ2n) is 5.59. The fourth-order valence-electron chi connectivity index (χ4n) is 2.15. The largest absolute Gasteiger partial charge is 0.345 e. The normalized spacial score (nSPS) is 10.2. The van der Waals surface area contributed by atoms with Crippen molar-refractivity contribution < 1.29 is 9.59 Å². The second kappa shape index (κ2) is 9.13. The summed E-state index contributed by atoms with van der Waals surface area (Å²) >= 11 is 1.75. The molecule has 0 radical (unpaired) electrons. The third-order valence-electron chi connectivity index (χ3n) is 3.36. The summed E-state index contributed by atoms with van der Waals surface area (Å²) in [7, 11) is 3.41. The lowest BCUT2D eigenvalue weighted by Gasteiger charge is -2.11. The highest BCUT2D eigenvalue weighted by molar-refractivity contribution is 7.99. The van der Waals surface area contributed by atoms with Crippen LogP contribution in [-0.2, 0) is 4.79 Å². The number of carbonyl (C=O) groups excluding carboxylic acids is 2. The first kappa shape index (κ1) is 18.1. The van der Waals surface area contributed by atoms with Gasteiger partial charge in [-0.25, -0.2) is 0 Å². The molecule has 0 aliphatic rings. The fraction of sp³-hybridized carbons (Fsp3) is 0.263. The summed E-state index contributed by atoms with van der Waals surface area (Å²) in [4.78, 5) is 26.7. The molecule has 0 saturated heterocycles. The van der Waals surface area contributed by atoms with Crippen LogP contribution in [0, 0.1) is 0 Å². The summed E-state index contributed by atoms with van der Waals surface area (Å²) in [6, 6.07) is 17.2. The Hall–Kier alpha value is -2.27. The maximum Gasteiger partial charge on any atom is 0.253 e. The van der Waals surface area contributed by atoms with Crippen molar-refractivity contribution in [2.24, 2.45) is 0 Å². The molecule has 2 rings (SSSR count). The quantitative estimate of drug-likeness (QED) is 0.613. The highest BCUT2D eigenvalue weighted by Gasteiger charge is 2.09. The molecule has 0 saturated carbocycles. The van der Waals surface area contributed by atoms with Gasteiger partial charge in [-0.1, -0.05) is 24.3 Å². The number of benzene rings is 2. The van der Waals surface area contributed by atoms with Crippen molar-refractivity contribution in [1.82, 2.24) is 4.90 Å². The van der Waals surface area contributed by atoms with Crippen molar-refractivity contribution in [2.75, 3.05) is 25.2 Å². The van der Waals surface area contributed by atoms with E-state index in [0.29, 0.717) is 17.7 Å². The van der Waals surface area contributed by atoms with Crippen LogP contribution in [0.5, 0.6) is 0 Å². The third kappa shape index (κ3) is 5.74. The van der Waals surface area contributed by atoms with Crippen LogP contribution in [0.2, 0.25) is 0 Å². The molecule has 2 aromatic rings. The van der Waals surface area contributed by atoms with E-state index in [9.17, 15) is 9.59 Å². The van der Waals surface area contributed by atoms with E-state index < -0.39 is 0 Å². The van der Waals surface area contributed by atoms with E-state index in [4.69, 9.17) is 0 Å². The highest BCUT2D eigenvalue weighted by atomic mass is 32.2. The first-order chi connectivity index (χ1) is 11.6. The average Bonchev–Trinajstić information content (AvgIpc) is 2.59. The van der Waals surface area contributed by atoms with E-state index in [0.717, 1.165) is 12.2 Å². The molecule has 2 aromatic carbocycles.